The molecule has 1 N–H and O–H groups in total. The smallest absolute Gasteiger partial charge is 0.214 e. The molecule has 114 valence electrons. The molecule has 1 aliphatic rings. The number of anilines is 2. The minimum absolute atomic E-state index is 0.725. The Labute approximate surface area is 132 Å². The first-order chi connectivity index (χ1) is 10.8. The number of pyridine rings is 1. The number of nitrogens with zero attached hydrogens (tertiary/aromatic N) is 5. The molecule has 0 atom stereocenters. The van der Waals surface area contributed by atoms with Crippen LogP contribution in [-0.4, -0.2) is 32.7 Å². The van der Waals surface area contributed by atoms with Crippen molar-refractivity contribution in [2.24, 2.45) is 0 Å². The topological polar surface area (TPSA) is 58.4 Å². The fourth-order valence-corrected chi connectivity index (χ4v) is 3.54. The van der Waals surface area contributed by atoms with Crippen LogP contribution in [0.5, 0.6) is 0 Å². The van der Waals surface area contributed by atoms with Crippen LogP contribution >= 0.6 is 11.3 Å². The van der Waals surface area contributed by atoms with Gasteiger partial charge in [0.05, 0.1) is 11.9 Å². The second kappa shape index (κ2) is 5.57. The fourth-order valence-electron chi connectivity index (χ4n) is 2.71. The monoisotopic (exact) mass is 314 g/mol. The Morgan fingerprint density at radius 3 is 2.86 bits per heavy atom. The van der Waals surface area contributed by atoms with Gasteiger partial charge in [-0.05, 0) is 31.4 Å². The van der Waals surface area contributed by atoms with Gasteiger partial charge in [-0.15, -0.1) is 5.10 Å². The number of aromatic nitrogens is 4. The summed E-state index contributed by atoms with van der Waals surface area (Å²) >= 11 is 1.56. The molecule has 4 rings (SSSR count). The summed E-state index contributed by atoms with van der Waals surface area (Å²) in [6, 6.07) is 4.25. The van der Waals surface area contributed by atoms with Gasteiger partial charge in [-0.25, -0.2) is 14.5 Å². The third kappa shape index (κ3) is 2.64. The molecular weight excluding hydrogens is 296 g/mol. The minimum atomic E-state index is 0.725. The molecule has 3 aromatic rings. The highest BCUT2D eigenvalue weighted by atomic mass is 32.1. The van der Waals surface area contributed by atoms with Crippen LogP contribution in [-0.2, 0) is 6.54 Å². The number of hydrogen-bond acceptors (Lipinski definition) is 6. The summed E-state index contributed by atoms with van der Waals surface area (Å²) in [5, 5.41) is 8.68. The van der Waals surface area contributed by atoms with Crippen LogP contribution in [0.15, 0.2) is 24.5 Å². The molecule has 1 saturated heterocycles. The van der Waals surface area contributed by atoms with Gasteiger partial charge in [0.15, 0.2) is 0 Å². The molecule has 0 spiro atoms. The number of fused-ring (bicyclic) bond motifs is 1. The molecule has 6 nitrogen and oxygen atoms in total. The van der Waals surface area contributed by atoms with E-state index in [2.05, 4.69) is 37.4 Å². The molecule has 1 fully saturated rings. The first-order valence-electron chi connectivity index (χ1n) is 7.54. The van der Waals surface area contributed by atoms with Crippen molar-refractivity contribution in [3.8, 4) is 0 Å². The maximum absolute atomic E-state index is 4.57. The van der Waals surface area contributed by atoms with Gasteiger partial charge in [-0.3, -0.25) is 0 Å². The summed E-state index contributed by atoms with van der Waals surface area (Å²) in [5.74, 6) is 1.09. The molecule has 4 heterocycles. The van der Waals surface area contributed by atoms with Crippen molar-refractivity contribution < 1.29 is 0 Å². The summed E-state index contributed by atoms with van der Waals surface area (Å²) in [6.07, 6.45) is 6.43. The van der Waals surface area contributed by atoms with Gasteiger partial charge in [-0.2, -0.15) is 0 Å². The van der Waals surface area contributed by atoms with E-state index in [9.17, 15) is 0 Å². The van der Waals surface area contributed by atoms with E-state index in [0.717, 1.165) is 46.8 Å². The van der Waals surface area contributed by atoms with Crippen molar-refractivity contribution in [1.82, 2.24) is 19.6 Å². The molecule has 0 unspecified atom stereocenters. The van der Waals surface area contributed by atoms with E-state index in [1.807, 2.05) is 23.8 Å². The molecule has 1 aliphatic heterocycles. The second-order valence-electron chi connectivity index (χ2n) is 5.59. The van der Waals surface area contributed by atoms with E-state index in [1.165, 1.54) is 12.8 Å². The van der Waals surface area contributed by atoms with E-state index in [0.29, 0.717) is 0 Å². The Morgan fingerprint density at radius 2 is 2.14 bits per heavy atom. The molecule has 3 aromatic heterocycles. The van der Waals surface area contributed by atoms with Crippen LogP contribution in [0.3, 0.4) is 0 Å². The highest BCUT2D eigenvalue weighted by Crippen LogP contribution is 2.21. The van der Waals surface area contributed by atoms with E-state index < -0.39 is 0 Å². The van der Waals surface area contributed by atoms with Crippen molar-refractivity contribution >= 4 is 27.2 Å². The highest BCUT2D eigenvalue weighted by Gasteiger charge is 2.13. The number of hydrogen-bond donors (Lipinski definition) is 1. The van der Waals surface area contributed by atoms with Gasteiger partial charge in [0.2, 0.25) is 10.1 Å². The van der Waals surface area contributed by atoms with Crippen LogP contribution < -0.4 is 10.2 Å². The van der Waals surface area contributed by atoms with Crippen molar-refractivity contribution in [2.75, 3.05) is 23.3 Å². The lowest BCUT2D eigenvalue weighted by molar-refractivity contribution is 0.929. The van der Waals surface area contributed by atoms with Gasteiger partial charge < -0.3 is 10.2 Å². The van der Waals surface area contributed by atoms with Crippen LogP contribution in [0.25, 0.3) is 4.96 Å². The molecule has 0 radical (unpaired) electrons. The summed E-state index contributed by atoms with van der Waals surface area (Å²) in [7, 11) is 0. The predicted molar refractivity (Wildman–Crippen MR) is 88.6 cm³/mol. The zero-order valence-electron chi connectivity index (χ0n) is 12.5. The first kappa shape index (κ1) is 13.5. The summed E-state index contributed by atoms with van der Waals surface area (Å²) < 4.78 is 1.82. The van der Waals surface area contributed by atoms with Crippen LogP contribution in [0, 0.1) is 6.92 Å². The molecule has 0 bridgehead atoms. The molecule has 22 heavy (non-hydrogen) atoms. The molecule has 0 aliphatic carbocycles. The maximum Gasteiger partial charge on any atom is 0.214 e. The van der Waals surface area contributed by atoms with Crippen molar-refractivity contribution in [2.45, 2.75) is 26.3 Å². The Bertz CT molecular complexity index is 738. The largest absolute Gasteiger partial charge is 0.357 e. The molecule has 7 heteroatoms. The average molecular weight is 314 g/mol. The lowest BCUT2D eigenvalue weighted by Gasteiger charge is -2.16. The van der Waals surface area contributed by atoms with Crippen molar-refractivity contribution in [1.29, 1.82) is 0 Å². The fraction of sp³-hybridized carbons (Fsp3) is 0.400. The van der Waals surface area contributed by atoms with Crippen molar-refractivity contribution in [3.63, 3.8) is 0 Å². The Hall–Kier alpha value is -2.15. The SMILES string of the molecule is Cc1cn2nc(NCc3ccc(N4CCCC4)nc3)sc2n1. The third-order valence-corrected chi connectivity index (χ3v) is 4.73. The van der Waals surface area contributed by atoms with E-state index in [-0.39, 0.29) is 0 Å². The predicted octanol–water partition coefficient (Wildman–Crippen LogP) is 2.71. The van der Waals surface area contributed by atoms with Gasteiger partial charge in [0, 0.05) is 25.8 Å². The van der Waals surface area contributed by atoms with E-state index in [1.54, 1.807) is 11.3 Å². The Balaban J connectivity index is 1.41. The standard InChI is InChI=1S/C15H18N6S/c1-11-10-21-15(18-11)22-14(19-21)17-9-12-4-5-13(16-8-12)20-6-2-3-7-20/h4-5,8,10H,2-3,6-7,9H2,1H3,(H,17,19). The van der Waals surface area contributed by atoms with Gasteiger partial charge in [-0.1, -0.05) is 17.4 Å². The molecular formula is C15H18N6S. The molecule has 0 amide bonds. The second-order valence-corrected chi connectivity index (χ2v) is 6.54. The van der Waals surface area contributed by atoms with Gasteiger partial charge in [0.25, 0.3) is 0 Å². The number of nitrogens with one attached hydrogen (secondary N) is 1. The van der Waals surface area contributed by atoms with Gasteiger partial charge >= 0.3 is 0 Å². The van der Waals surface area contributed by atoms with Crippen LogP contribution in [0.1, 0.15) is 24.1 Å². The quantitative estimate of drug-likeness (QED) is 0.802. The lowest BCUT2D eigenvalue weighted by atomic mass is 10.3. The number of imidazole rings is 1. The van der Waals surface area contributed by atoms with Gasteiger partial charge in [0.1, 0.15) is 5.82 Å². The minimum Gasteiger partial charge on any atom is -0.357 e. The zero-order valence-corrected chi connectivity index (χ0v) is 13.3. The summed E-state index contributed by atoms with van der Waals surface area (Å²) in [5.41, 5.74) is 2.15. The van der Waals surface area contributed by atoms with Crippen molar-refractivity contribution in [3.05, 3.63) is 35.8 Å². The molecule has 0 aromatic carbocycles. The van der Waals surface area contributed by atoms with E-state index >= 15 is 0 Å². The number of rotatable bonds is 4. The normalized spacial score (nSPS) is 14.9. The third-order valence-electron chi connectivity index (χ3n) is 3.85. The Kier molecular flexibility index (Phi) is 3.42. The summed E-state index contributed by atoms with van der Waals surface area (Å²) in [4.78, 5) is 12.2. The highest BCUT2D eigenvalue weighted by molar-refractivity contribution is 7.20. The zero-order chi connectivity index (χ0) is 14.9. The van der Waals surface area contributed by atoms with Crippen LogP contribution in [0.2, 0.25) is 0 Å². The first-order valence-corrected chi connectivity index (χ1v) is 8.36. The van der Waals surface area contributed by atoms with Crippen LogP contribution in [0.4, 0.5) is 10.9 Å². The maximum atomic E-state index is 4.57. The average Bonchev–Trinajstić information content (AvgIpc) is 3.21. The Morgan fingerprint density at radius 1 is 1.27 bits per heavy atom. The number of aryl methyl sites for hydroxylation is 1. The summed E-state index contributed by atoms with van der Waals surface area (Å²) in [6.45, 7) is 4.96. The lowest BCUT2D eigenvalue weighted by Crippen LogP contribution is -2.18. The molecule has 0 saturated carbocycles. The van der Waals surface area contributed by atoms with E-state index in [4.69, 9.17) is 0 Å².